The van der Waals surface area contributed by atoms with Crippen molar-refractivity contribution in [1.29, 1.82) is 0 Å². The summed E-state index contributed by atoms with van der Waals surface area (Å²) in [5.74, 6) is -0.235. The number of aryl methyl sites for hydroxylation is 1. The van der Waals surface area contributed by atoms with Gasteiger partial charge in [-0.25, -0.2) is 8.42 Å². The largest absolute Gasteiger partial charge is 0.497 e. The van der Waals surface area contributed by atoms with Crippen molar-refractivity contribution < 1.29 is 22.7 Å². The maximum Gasteiger partial charge on any atom is 0.264 e. The van der Waals surface area contributed by atoms with Crippen molar-refractivity contribution in [3.8, 4) is 5.75 Å². The number of hydrogen-bond donors (Lipinski definition) is 1. The summed E-state index contributed by atoms with van der Waals surface area (Å²) in [7, 11) is -2.64. The lowest BCUT2D eigenvalue weighted by Gasteiger charge is -2.34. The highest BCUT2D eigenvalue weighted by atomic mass is 32.2. The van der Waals surface area contributed by atoms with Crippen LogP contribution in [-0.2, 0) is 32.6 Å². The van der Waals surface area contributed by atoms with E-state index >= 15 is 0 Å². The van der Waals surface area contributed by atoms with Crippen LogP contribution in [0.5, 0.6) is 5.75 Å². The zero-order valence-corrected chi connectivity index (χ0v) is 26.9. The Morgan fingerprint density at radius 1 is 0.822 bits per heavy atom. The van der Waals surface area contributed by atoms with Crippen LogP contribution in [-0.4, -0.2) is 51.4 Å². The van der Waals surface area contributed by atoms with Crippen LogP contribution >= 0.6 is 0 Å². The monoisotopic (exact) mass is 627 g/mol. The minimum atomic E-state index is -4.17. The smallest absolute Gasteiger partial charge is 0.264 e. The molecular formula is C36H41N3O5S. The van der Waals surface area contributed by atoms with Gasteiger partial charge in [-0.15, -0.1) is 0 Å². The Kier molecular flexibility index (Phi) is 11.8. The Morgan fingerprint density at radius 3 is 2.00 bits per heavy atom. The number of carbonyl (C=O) groups is 2. The average molecular weight is 628 g/mol. The highest BCUT2D eigenvalue weighted by molar-refractivity contribution is 7.92. The fourth-order valence-electron chi connectivity index (χ4n) is 4.95. The zero-order chi connectivity index (χ0) is 32.2. The third-order valence-corrected chi connectivity index (χ3v) is 9.33. The van der Waals surface area contributed by atoms with Gasteiger partial charge < -0.3 is 15.0 Å². The van der Waals surface area contributed by atoms with Crippen molar-refractivity contribution in [1.82, 2.24) is 10.2 Å². The number of anilines is 1. The van der Waals surface area contributed by atoms with Gasteiger partial charge in [0, 0.05) is 19.5 Å². The lowest BCUT2D eigenvalue weighted by Crippen LogP contribution is -2.53. The summed E-state index contributed by atoms with van der Waals surface area (Å²) in [5, 5.41) is 3.01. The van der Waals surface area contributed by atoms with E-state index < -0.39 is 28.5 Å². The number of hydrogen-bond acceptors (Lipinski definition) is 5. The number of rotatable bonds is 15. The molecule has 1 atom stereocenters. The summed E-state index contributed by atoms with van der Waals surface area (Å²) < 4.78 is 34.6. The van der Waals surface area contributed by atoms with E-state index in [-0.39, 0.29) is 23.8 Å². The molecule has 0 unspecified atom stereocenters. The quantitative estimate of drug-likeness (QED) is 0.169. The third-order valence-electron chi connectivity index (χ3n) is 7.54. The maximum absolute atomic E-state index is 14.5. The van der Waals surface area contributed by atoms with E-state index in [9.17, 15) is 18.0 Å². The first-order valence-corrected chi connectivity index (χ1v) is 16.6. The summed E-state index contributed by atoms with van der Waals surface area (Å²) in [4.78, 5) is 29.8. The molecule has 0 radical (unpaired) electrons. The van der Waals surface area contributed by atoms with Gasteiger partial charge in [0.2, 0.25) is 11.8 Å². The second-order valence-electron chi connectivity index (χ2n) is 10.9. The minimum absolute atomic E-state index is 0.0597. The predicted molar refractivity (Wildman–Crippen MR) is 178 cm³/mol. The number of methoxy groups -OCH3 is 1. The van der Waals surface area contributed by atoms with E-state index in [2.05, 4.69) is 5.32 Å². The van der Waals surface area contributed by atoms with Crippen LogP contribution in [0.1, 0.15) is 36.5 Å². The van der Waals surface area contributed by atoms with Gasteiger partial charge in [-0.3, -0.25) is 13.9 Å². The lowest BCUT2D eigenvalue weighted by molar-refractivity contribution is -0.140. The average Bonchev–Trinajstić information content (AvgIpc) is 3.06. The summed E-state index contributed by atoms with van der Waals surface area (Å²) in [5.41, 5.74) is 2.92. The van der Waals surface area contributed by atoms with Gasteiger partial charge in [0.25, 0.3) is 10.0 Å². The van der Waals surface area contributed by atoms with Gasteiger partial charge in [-0.2, -0.15) is 0 Å². The molecule has 45 heavy (non-hydrogen) atoms. The molecule has 0 spiro atoms. The molecule has 2 amide bonds. The Bertz CT molecular complexity index is 1630. The molecule has 0 bridgehead atoms. The topological polar surface area (TPSA) is 96.0 Å². The standard InChI is InChI=1S/C36H41N3O5S/c1-4-5-24-37-36(41)34(25-29-12-8-6-9-13-29)38(26-30-14-10-7-11-15-30)35(40)27-39(31-18-20-32(44-3)21-19-31)45(42,43)33-22-16-28(2)17-23-33/h6-23,34H,4-5,24-27H2,1-3H3,(H,37,41)/t34-/m1/s1. The molecule has 1 N–H and O–H groups in total. The van der Waals surface area contributed by atoms with Crippen LogP contribution in [0.25, 0.3) is 0 Å². The van der Waals surface area contributed by atoms with Crippen molar-refractivity contribution in [2.75, 3.05) is 24.5 Å². The molecule has 0 fully saturated rings. The van der Waals surface area contributed by atoms with E-state index in [1.165, 1.54) is 24.1 Å². The molecule has 0 saturated heterocycles. The second-order valence-corrected chi connectivity index (χ2v) is 12.7. The van der Waals surface area contributed by atoms with E-state index in [0.29, 0.717) is 18.0 Å². The van der Waals surface area contributed by atoms with Crippen molar-refractivity contribution in [3.63, 3.8) is 0 Å². The fourth-order valence-corrected chi connectivity index (χ4v) is 6.37. The van der Waals surface area contributed by atoms with Crippen LogP contribution in [0.15, 0.2) is 114 Å². The number of unbranched alkanes of at least 4 members (excludes halogenated alkanes) is 1. The molecule has 4 aromatic carbocycles. The van der Waals surface area contributed by atoms with Crippen molar-refractivity contribution in [3.05, 3.63) is 126 Å². The number of nitrogens with zero attached hydrogens (tertiary/aromatic N) is 2. The van der Waals surface area contributed by atoms with Gasteiger partial charge in [0.15, 0.2) is 0 Å². The molecule has 0 aliphatic carbocycles. The Balaban J connectivity index is 1.77. The Labute approximate surface area is 266 Å². The number of sulfonamides is 1. The highest BCUT2D eigenvalue weighted by Gasteiger charge is 2.34. The first-order valence-electron chi connectivity index (χ1n) is 15.1. The second kappa shape index (κ2) is 15.9. The van der Waals surface area contributed by atoms with Crippen LogP contribution in [0.2, 0.25) is 0 Å². The zero-order valence-electron chi connectivity index (χ0n) is 26.1. The van der Waals surface area contributed by atoms with Crippen molar-refractivity contribution >= 4 is 27.5 Å². The molecule has 0 aromatic heterocycles. The van der Waals surface area contributed by atoms with Crippen molar-refractivity contribution in [2.45, 2.75) is 50.6 Å². The molecule has 4 rings (SSSR count). The summed E-state index contributed by atoms with van der Waals surface area (Å²) in [6, 6.07) is 31.1. The number of nitrogens with one attached hydrogen (secondary N) is 1. The normalized spacial score (nSPS) is 11.8. The van der Waals surface area contributed by atoms with Crippen LogP contribution in [0, 0.1) is 6.92 Å². The van der Waals surface area contributed by atoms with Gasteiger partial charge in [0.1, 0.15) is 18.3 Å². The molecule has 8 nitrogen and oxygen atoms in total. The molecule has 9 heteroatoms. The summed E-state index contributed by atoms with van der Waals surface area (Å²) in [6.45, 7) is 4.01. The molecule has 0 saturated carbocycles. The molecule has 236 valence electrons. The Morgan fingerprint density at radius 2 is 1.42 bits per heavy atom. The van der Waals surface area contributed by atoms with Gasteiger partial charge in [-0.1, -0.05) is 91.7 Å². The first kappa shape index (κ1) is 33.3. The predicted octanol–water partition coefficient (Wildman–Crippen LogP) is 5.76. The van der Waals surface area contributed by atoms with Gasteiger partial charge >= 0.3 is 0 Å². The highest BCUT2D eigenvalue weighted by Crippen LogP contribution is 2.27. The van der Waals surface area contributed by atoms with Gasteiger partial charge in [-0.05, 0) is 60.9 Å². The molecule has 4 aromatic rings. The number of carbonyl (C=O) groups excluding carboxylic acids is 2. The van der Waals surface area contributed by atoms with Crippen LogP contribution < -0.4 is 14.4 Å². The molecule has 0 aliphatic heterocycles. The van der Waals surface area contributed by atoms with Crippen LogP contribution in [0.4, 0.5) is 5.69 Å². The van der Waals surface area contributed by atoms with Crippen LogP contribution in [0.3, 0.4) is 0 Å². The molecular weight excluding hydrogens is 586 g/mol. The van der Waals surface area contributed by atoms with Gasteiger partial charge in [0.05, 0.1) is 17.7 Å². The molecule has 0 aliphatic rings. The summed E-state index contributed by atoms with van der Waals surface area (Å²) >= 11 is 0. The van der Waals surface area contributed by atoms with E-state index in [0.717, 1.165) is 33.8 Å². The fraction of sp³-hybridized carbons (Fsp3) is 0.278. The third kappa shape index (κ3) is 8.95. The summed E-state index contributed by atoms with van der Waals surface area (Å²) in [6.07, 6.45) is 1.98. The SMILES string of the molecule is CCCCNC(=O)[C@@H](Cc1ccccc1)N(Cc1ccccc1)C(=O)CN(c1ccc(OC)cc1)S(=O)(=O)c1ccc(C)cc1. The molecule has 0 heterocycles. The lowest BCUT2D eigenvalue weighted by atomic mass is 10.0. The Hall–Kier alpha value is -4.63. The van der Waals surface area contributed by atoms with E-state index in [1.807, 2.05) is 74.5 Å². The number of amides is 2. The van der Waals surface area contributed by atoms with E-state index in [1.54, 1.807) is 36.4 Å². The van der Waals surface area contributed by atoms with Crippen molar-refractivity contribution in [2.24, 2.45) is 0 Å². The maximum atomic E-state index is 14.5. The number of ether oxygens (including phenoxy) is 1. The minimum Gasteiger partial charge on any atom is -0.497 e. The van der Waals surface area contributed by atoms with E-state index in [4.69, 9.17) is 4.74 Å². The number of benzene rings is 4. The first-order chi connectivity index (χ1) is 21.7.